The first-order valence-corrected chi connectivity index (χ1v) is 8.68. The zero-order chi connectivity index (χ0) is 18.6. The van der Waals surface area contributed by atoms with Crippen molar-refractivity contribution in [2.75, 3.05) is 11.9 Å². The monoisotopic (exact) mass is 357 g/mol. The molecule has 0 atom stereocenters. The third kappa shape index (κ3) is 3.37. The van der Waals surface area contributed by atoms with Crippen molar-refractivity contribution in [3.05, 3.63) is 90.4 Å². The van der Waals surface area contributed by atoms with Gasteiger partial charge in [-0.1, -0.05) is 36.4 Å². The summed E-state index contributed by atoms with van der Waals surface area (Å²) in [6.45, 7) is 0.299. The third-order valence-electron chi connectivity index (χ3n) is 4.44. The van der Waals surface area contributed by atoms with Crippen LogP contribution in [-0.2, 0) is 6.54 Å². The van der Waals surface area contributed by atoms with Crippen LogP contribution in [0.25, 0.3) is 5.65 Å². The van der Waals surface area contributed by atoms with Crippen molar-refractivity contribution in [3.8, 4) is 0 Å². The largest absolute Gasteiger partial charge is 0.345 e. The van der Waals surface area contributed by atoms with Gasteiger partial charge in [0.15, 0.2) is 11.5 Å². The van der Waals surface area contributed by atoms with Crippen molar-refractivity contribution in [1.29, 1.82) is 0 Å². The van der Waals surface area contributed by atoms with E-state index in [1.807, 2.05) is 95.3 Å². The Balaban J connectivity index is 1.56. The molecule has 0 unspecified atom stereocenters. The molecule has 0 aliphatic carbocycles. The lowest BCUT2D eigenvalue weighted by molar-refractivity contribution is 0.0950. The van der Waals surface area contributed by atoms with E-state index in [4.69, 9.17) is 0 Å². The Labute approximate surface area is 157 Å². The first-order valence-electron chi connectivity index (χ1n) is 8.68. The van der Waals surface area contributed by atoms with Gasteiger partial charge < -0.3 is 10.2 Å². The lowest BCUT2D eigenvalue weighted by Gasteiger charge is -2.22. The highest BCUT2D eigenvalue weighted by atomic mass is 16.1. The summed E-state index contributed by atoms with van der Waals surface area (Å²) in [5, 5.41) is 11.2. The minimum absolute atomic E-state index is 0.152. The minimum Gasteiger partial charge on any atom is -0.345 e. The molecule has 0 saturated carbocycles. The molecule has 0 saturated heterocycles. The fraction of sp³-hybridized carbons (Fsp3) is 0.0952. The Morgan fingerprint density at radius 3 is 2.56 bits per heavy atom. The number of para-hydroxylation sites is 2. The molecule has 2 aromatic heterocycles. The van der Waals surface area contributed by atoms with Gasteiger partial charge in [-0.25, -0.2) is 0 Å². The van der Waals surface area contributed by atoms with Gasteiger partial charge in [-0.3, -0.25) is 9.20 Å². The molecule has 134 valence electrons. The summed E-state index contributed by atoms with van der Waals surface area (Å²) in [7, 11) is 1.95. The molecular formula is C21H19N5O. The van der Waals surface area contributed by atoms with Gasteiger partial charge in [0.05, 0.1) is 17.8 Å². The molecule has 4 aromatic rings. The van der Waals surface area contributed by atoms with Gasteiger partial charge in [0.1, 0.15) is 0 Å². The van der Waals surface area contributed by atoms with E-state index < -0.39 is 0 Å². The maximum Gasteiger partial charge on any atom is 0.253 e. The van der Waals surface area contributed by atoms with Gasteiger partial charge >= 0.3 is 0 Å². The SMILES string of the molecule is CN(c1ccccc1)c1ccccc1C(=O)NCc1nnc2ccccn12. The summed E-state index contributed by atoms with van der Waals surface area (Å²) in [4.78, 5) is 14.8. The molecule has 0 spiro atoms. The quantitative estimate of drug-likeness (QED) is 0.594. The number of carbonyl (C=O) groups is 1. The number of nitrogens with one attached hydrogen (secondary N) is 1. The van der Waals surface area contributed by atoms with E-state index in [-0.39, 0.29) is 5.91 Å². The molecule has 0 fully saturated rings. The zero-order valence-corrected chi connectivity index (χ0v) is 14.9. The fourth-order valence-corrected chi connectivity index (χ4v) is 3.01. The Bertz CT molecular complexity index is 1070. The van der Waals surface area contributed by atoms with Crippen LogP contribution in [0.3, 0.4) is 0 Å². The number of amides is 1. The van der Waals surface area contributed by atoms with E-state index in [1.54, 1.807) is 0 Å². The van der Waals surface area contributed by atoms with Gasteiger partial charge in [-0.05, 0) is 36.4 Å². The molecule has 0 radical (unpaired) electrons. The molecule has 4 rings (SSSR count). The predicted molar refractivity (Wildman–Crippen MR) is 105 cm³/mol. The topological polar surface area (TPSA) is 62.5 Å². The lowest BCUT2D eigenvalue weighted by Crippen LogP contribution is -2.26. The molecule has 0 bridgehead atoms. The molecule has 0 aliphatic heterocycles. The van der Waals surface area contributed by atoms with E-state index >= 15 is 0 Å². The average Bonchev–Trinajstić information content (AvgIpc) is 3.15. The van der Waals surface area contributed by atoms with Crippen LogP contribution in [0, 0.1) is 0 Å². The Morgan fingerprint density at radius 2 is 1.70 bits per heavy atom. The van der Waals surface area contributed by atoms with Crippen LogP contribution in [0.15, 0.2) is 79.0 Å². The molecule has 27 heavy (non-hydrogen) atoms. The average molecular weight is 357 g/mol. The summed E-state index contributed by atoms with van der Waals surface area (Å²) in [5.74, 6) is 0.536. The van der Waals surface area contributed by atoms with E-state index in [9.17, 15) is 4.79 Å². The number of nitrogens with zero attached hydrogens (tertiary/aromatic N) is 4. The normalized spacial score (nSPS) is 10.7. The first-order chi connectivity index (χ1) is 13.2. The molecule has 6 nitrogen and oxygen atoms in total. The summed E-state index contributed by atoms with van der Waals surface area (Å²) < 4.78 is 1.86. The van der Waals surface area contributed by atoms with Crippen LogP contribution in [0.5, 0.6) is 0 Å². The number of fused-ring (bicyclic) bond motifs is 1. The number of pyridine rings is 1. The standard InChI is InChI=1S/C21H19N5O/c1-25(16-9-3-2-4-10-16)18-12-6-5-11-17(18)21(27)22-15-20-24-23-19-13-7-8-14-26(19)20/h2-14H,15H2,1H3,(H,22,27). The fourth-order valence-electron chi connectivity index (χ4n) is 3.01. The van der Waals surface area contributed by atoms with Crippen LogP contribution in [0.2, 0.25) is 0 Å². The van der Waals surface area contributed by atoms with Gasteiger partial charge in [0, 0.05) is 18.9 Å². The number of anilines is 2. The summed E-state index contributed by atoms with van der Waals surface area (Å²) >= 11 is 0. The van der Waals surface area contributed by atoms with Crippen LogP contribution >= 0.6 is 0 Å². The second kappa shape index (κ2) is 7.29. The van der Waals surface area contributed by atoms with E-state index in [0.29, 0.717) is 17.9 Å². The first kappa shape index (κ1) is 16.8. The van der Waals surface area contributed by atoms with Gasteiger partial charge in [-0.2, -0.15) is 0 Å². The van der Waals surface area contributed by atoms with Gasteiger partial charge in [0.2, 0.25) is 0 Å². The number of benzene rings is 2. The number of hydrogen-bond acceptors (Lipinski definition) is 4. The third-order valence-corrected chi connectivity index (χ3v) is 4.44. The second-order valence-corrected chi connectivity index (χ2v) is 6.14. The number of carbonyl (C=O) groups excluding carboxylic acids is 1. The Kier molecular flexibility index (Phi) is 4.53. The highest BCUT2D eigenvalue weighted by Crippen LogP contribution is 2.26. The Hall–Kier alpha value is -3.67. The maximum atomic E-state index is 12.8. The molecule has 6 heteroatoms. The van der Waals surface area contributed by atoms with Gasteiger partial charge in [0.25, 0.3) is 5.91 Å². The summed E-state index contributed by atoms with van der Waals surface area (Å²) in [6, 6.07) is 23.2. The van der Waals surface area contributed by atoms with Crippen molar-refractivity contribution < 1.29 is 4.79 Å². The molecular weight excluding hydrogens is 338 g/mol. The lowest BCUT2D eigenvalue weighted by atomic mass is 10.1. The second-order valence-electron chi connectivity index (χ2n) is 6.14. The smallest absolute Gasteiger partial charge is 0.253 e. The van der Waals surface area contributed by atoms with Crippen LogP contribution in [0.4, 0.5) is 11.4 Å². The molecule has 2 aromatic carbocycles. The number of aromatic nitrogens is 3. The summed E-state index contributed by atoms with van der Waals surface area (Å²) in [6.07, 6.45) is 1.88. The van der Waals surface area contributed by atoms with E-state index in [0.717, 1.165) is 17.0 Å². The van der Waals surface area contributed by atoms with Crippen LogP contribution in [0.1, 0.15) is 16.2 Å². The zero-order valence-electron chi connectivity index (χ0n) is 14.9. The Morgan fingerprint density at radius 1 is 0.963 bits per heavy atom. The van der Waals surface area contributed by atoms with Gasteiger partial charge in [-0.15, -0.1) is 10.2 Å². The highest BCUT2D eigenvalue weighted by molar-refractivity contribution is 6.00. The molecule has 1 N–H and O–H groups in total. The van der Waals surface area contributed by atoms with Crippen molar-refractivity contribution in [2.24, 2.45) is 0 Å². The summed E-state index contributed by atoms with van der Waals surface area (Å²) in [5.41, 5.74) is 3.22. The predicted octanol–water partition coefficient (Wildman–Crippen LogP) is 3.43. The van der Waals surface area contributed by atoms with Crippen LogP contribution in [-0.4, -0.2) is 27.6 Å². The van der Waals surface area contributed by atoms with Crippen molar-refractivity contribution in [2.45, 2.75) is 6.54 Å². The van der Waals surface area contributed by atoms with Crippen molar-refractivity contribution in [3.63, 3.8) is 0 Å². The molecule has 0 aliphatic rings. The maximum absolute atomic E-state index is 12.8. The molecule has 1 amide bonds. The van der Waals surface area contributed by atoms with Crippen LogP contribution < -0.4 is 10.2 Å². The molecule has 2 heterocycles. The minimum atomic E-state index is -0.152. The van der Waals surface area contributed by atoms with Crippen molar-refractivity contribution >= 4 is 22.9 Å². The number of hydrogen-bond donors (Lipinski definition) is 1. The van der Waals surface area contributed by atoms with E-state index in [1.165, 1.54) is 0 Å². The highest BCUT2D eigenvalue weighted by Gasteiger charge is 2.15. The van der Waals surface area contributed by atoms with Crippen molar-refractivity contribution in [1.82, 2.24) is 19.9 Å². The number of rotatable bonds is 5. The van der Waals surface area contributed by atoms with E-state index in [2.05, 4.69) is 15.5 Å².